The van der Waals surface area contributed by atoms with Crippen LogP contribution in [0.3, 0.4) is 0 Å². The number of benzene rings is 1. The van der Waals surface area contributed by atoms with E-state index in [1.54, 1.807) is 6.20 Å². The molecule has 104 valence electrons. The molecule has 6 heteroatoms. The van der Waals surface area contributed by atoms with Crippen LogP contribution in [0.2, 0.25) is 5.02 Å². The Kier molecular flexibility index (Phi) is 3.69. The van der Waals surface area contributed by atoms with Crippen LogP contribution in [0, 0.1) is 6.92 Å². The number of nitrogens with one attached hydrogen (secondary N) is 1. The van der Waals surface area contributed by atoms with Crippen LogP contribution < -0.4 is 10.2 Å². The lowest BCUT2D eigenvalue weighted by Gasteiger charge is -2.16. The van der Waals surface area contributed by atoms with E-state index >= 15 is 0 Å². The number of aryl methyl sites for hydroxylation is 1. The summed E-state index contributed by atoms with van der Waals surface area (Å²) in [5.74, 6) is 1.37. The second kappa shape index (κ2) is 5.63. The van der Waals surface area contributed by atoms with Crippen molar-refractivity contribution >= 4 is 29.1 Å². The van der Waals surface area contributed by atoms with E-state index in [2.05, 4.69) is 25.4 Å². The van der Waals surface area contributed by atoms with Gasteiger partial charge in [0.15, 0.2) is 5.82 Å². The molecule has 1 N–H and O–H groups in total. The van der Waals surface area contributed by atoms with Gasteiger partial charge in [0.1, 0.15) is 0 Å². The maximum absolute atomic E-state index is 6.11. The predicted octanol–water partition coefficient (Wildman–Crippen LogP) is 3.18. The minimum absolute atomic E-state index is 0.495. The van der Waals surface area contributed by atoms with E-state index in [1.165, 1.54) is 12.8 Å². The first-order valence-electron chi connectivity index (χ1n) is 6.70. The van der Waals surface area contributed by atoms with Crippen LogP contribution in [0.25, 0.3) is 0 Å². The average molecular weight is 290 g/mol. The van der Waals surface area contributed by atoms with E-state index in [9.17, 15) is 0 Å². The molecule has 1 aliphatic heterocycles. The van der Waals surface area contributed by atoms with Gasteiger partial charge in [0.2, 0.25) is 5.95 Å². The predicted molar refractivity (Wildman–Crippen MR) is 80.7 cm³/mol. The lowest BCUT2D eigenvalue weighted by atomic mass is 10.2. The third-order valence-corrected chi connectivity index (χ3v) is 3.81. The van der Waals surface area contributed by atoms with Gasteiger partial charge in [-0.3, -0.25) is 0 Å². The smallest absolute Gasteiger partial charge is 0.249 e. The number of halogens is 1. The Morgan fingerprint density at radius 3 is 2.80 bits per heavy atom. The molecule has 1 aliphatic rings. The number of rotatable bonds is 3. The molecular formula is C14H16ClN5. The Morgan fingerprint density at radius 2 is 2.05 bits per heavy atom. The van der Waals surface area contributed by atoms with Crippen LogP contribution in [0.4, 0.5) is 17.5 Å². The lowest BCUT2D eigenvalue weighted by molar-refractivity contribution is 0.890. The van der Waals surface area contributed by atoms with Gasteiger partial charge in [-0.2, -0.15) is 10.1 Å². The van der Waals surface area contributed by atoms with Crippen molar-refractivity contribution in [2.45, 2.75) is 19.8 Å². The first-order chi connectivity index (χ1) is 9.72. The van der Waals surface area contributed by atoms with Gasteiger partial charge in [-0.1, -0.05) is 17.7 Å². The maximum atomic E-state index is 6.11. The van der Waals surface area contributed by atoms with Crippen molar-refractivity contribution in [3.8, 4) is 0 Å². The van der Waals surface area contributed by atoms with E-state index in [-0.39, 0.29) is 0 Å². The van der Waals surface area contributed by atoms with E-state index in [0.717, 1.165) is 35.2 Å². The molecule has 0 amide bonds. The normalized spacial score (nSPS) is 14.6. The fourth-order valence-corrected chi connectivity index (χ4v) is 2.43. The third kappa shape index (κ3) is 2.82. The molecule has 0 unspecified atom stereocenters. The molecule has 0 spiro atoms. The Labute approximate surface area is 123 Å². The zero-order valence-corrected chi connectivity index (χ0v) is 12.1. The minimum atomic E-state index is 0.495. The van der Waals surface area contributed by atoms with Crippen LogP contribution in [-0.4, -0.2) is 28.3 Å². The summed E-state index contributed by atoms with van der Waals surface area (Å²) in [6.07, 6.45) is 4.12. The summed E-state index contributed by atoms with van der Waals surface area (Å²) in [6, 6.07) is 5.78. The molecule has 0 aliphatic carbocycles. The Morgan fingerprint density at radius 1 is 1.25 bits per heavy atom. The summed E-state index contributed by atoms with van der Waals surface area (Å²) in [5, 5.41) is 11.9. The number of hydrogen-bond donors (Lipinski definition) is 1. The molecule has 0 bridgehead atoms. The highest BCUT2D eigenvalue weighted by atomic mass is 35.5. The molecule has 20 heavy (non-hydrogen) atoms. The second-order valence-corrected chi connectivity index (χ2v) is 5.33. The number of aromatic nitrogens is 3. The van der Waals surface area contributed by atoms with Crippen LogP contribution in [-0.2, 0) is 0 Å². The van der Waals surface area contributed by atoms with Crippen molar-refractivity contribution in [2.75, 3.05) is 23.3 Å². The van der Waals surface area contributed by atoms with Crippen LogP contribution in [0.1, 0.15) is 18.4 Å². The molecule has 2 heterocycles. The fraction of sp³-hybridized carbons (Fsp3) is 0.357. The SMILES string of the molecule is Cc1ccc(Nc2nncc(N3CCCC3)n2)cc1Cl. The zero-order valence-electron chi connectivity index (χ0n) is 11.3. The molecule has 1 saturated heterocycles. The highest BCUT2D eigenvalue weighted by molar-refractivity contribution is 6.31. The maximum Gasteiger partial charge on any atom is 0.249 e. The van der Waals surface area contributed by atoms with Crippen LogP contribution in [0.15, 0.2) is 24.4 Å². The second-order valence-electron chi connectivity index (χ2n) is 4.92. The molecular weight excluding hydrogens is 274 g/mol. The van der Waals surface area contributed by atoms with E-state index < -0.39 is 0 Å². The average Bonchev–Trinajstić information content (AvgIpc) is 2.97. The summed E-state index contributed by atoms with van der Waals surface area (Å²) >= 11 is 6.11. The van der Waals surface area contributed by atoms with Crippen molar-refractivity contribution < 1.29 is 0 Å². The summed E-state index contributed by atoms with van der Waals surface area (Å²) in [7, 11) is 0. The quantitative estimate of drug-likeness (QED) is 0.940. The van der Waals surface area contributed by atoms with Crippen molar-refractivity contribution in [3.63, 3.8) is 0 Å². The molecule has 3 rings (SSSR count). The minimum Gasteiger partial charge on any atom is -0.355 e. The fourth-order valence-electron chi connectivity index (χ4n) is 2.25. The highest BCUT2D eigenvalue weighted by Gasteiger charge is 2.14. The molecule has 1 aromatic carbocycles. The first kappa shape index (κ1) is 13.1. The molecule has 2 aromatic rings. The van der Waals surface area contributed by atoms with Crippen molar-refractivity contribution in [3.05, 3.63) is 35.0 Å². The van der Waals surface area contributed by atoms with Crippen molar-refractivity contribution in [2.24, 2.45) is 0 Å². The van der Waals surface area contributed by atoms with Crippen molar-refractivity contribution in [1.82, 2.24) is 15.2 Å². The lowest BCUT2D eigenvalue weighted by Crippen LogP contribution is -2.19. The molecule has 0 radical (unpaired) electrons. The van der Waals surface area contributed by atoms with Gasteiger partial charge in [-0.05, 0) is 37.5 Å². The Bertz CT molecular complexity index is 610. The monoisotopic (exact) mass is 289 g/mol. The molecule has 1 fully saturated rings. The standard InChI is InChI=1S/C14H16ClN5/c1-10-4-5-11(8-12(10)15)17-14-18-13(9-16-19-14)20-6-2-3-7-20/h4-5,8-9H,2-3,6-7H2,1H3,(H,17,18,19). The Balaban J connectivity index is 1.79. The largest absolute Gasteiger partial charge is 0.355 e. The van der Waals surface area contributed by atoms with Gasteiger partial charge in [0.05, 0.1) is 6.20 Å². The third-order valence-electron chi connectivity index (χ3n) is 3.40. The van der Waals surface area contributed by atoms with E-state index in [1.807, 2.05) is 25.1 Å². The van der Waals surface area contributed by atoms with Gasteiger partial charge >= 0.3 is 0 Å². The topological polar surface area (TPSA) is 53.9 Å². The van der Waals surface area contributed by atoms with Gasteiger partial charge in [0.25, 0.3) is 0 Å². The first-order valence-corrected chi connectivity index (χ1v) is 7.08. The van der Waals surface area contributed by atoms with Gasteiger partial charge in [-0.25, -0.2) is 0 Å². The number of hydrogen-bond acceptors (Lipinski definition) is 5. The van der Waals surface area contributed by atoms with Crippen LogP contribution >= 0.6 is 11.6 Å². The number of nitrogens with zero attached hydrogens (tertiary/aromatic N) is 4. The number of anilines is 3. The summed E-state index contributed by atoms with van der Waals surface area (Å²) in [5.41, 5.74) is 1.91. The van der Waals surface area contributed by atoms with Crippen molar-refractivity contribution in [1.29, 1.82) is 0 Å². The molecule has 5 nitrogen and oxygen atoms in total. The molecule has 0 atom stereocenters. The molecule has 1 aromatic heterocycles. The summed E-state index contributed by atoms with van der Waals surface area (Å²) < 4.78 is 0. The van der Waals surface area contributed by atoms with Gasteiger partial charge < -0.3 is 10.2 Å². The highest BCUT2D eigenvalue weighted by Crippen LogP contribution is 2.23. The van der Waals surface area contributed by atoms with Gasteiger partial charge in [-0.15, -0.1) is 5.10 Å². The van der Waals surface area contributed by atoms with Crippen LogP contribution in [0.5, 0.6) is 0 Å². The zero-order chi connectivity index (χ0) is 13.9. The van der Waals surface area contributed by atoms with E-state index in [0.29, 0.717) is 5.95 Å². The van der Waals surface area contributed by atoms with Gasteiger partial charge in [0, 0.05) is 23.8 Å². The molecule has 0 saturated carbocycles. The Hall–Kier alpha value is -1.88. The van der Waals surface area contributed by atoms with E-state index in [4.69, 9.17) is 11.6 Å². The summed E-state index contributed by atoms with van der Waals surface area (Å²) in [6.45, 7) is 4.04. The summed E-state index contributed by atoms with van der Waals surface area (Å²) in [4.78, 5) is 6.72.